The van der Waals surface area contributed by atoms with Gasteiger partial charge in [-0.1, -0.05) is 41.9 Å². The smallest absolute Gasteiger partial charge is 0.126 e. The summed E-state index contributed by atoms with van der Waals surface area (Å²) in [7, 11) is 0. The maximum Gasteiger partial charge on any atom is 0.126 e. The van der Waals surface area contributed by atoms with E-state index in [1.807, 2.05) is 19.1 Å². The van der Waals surface area contributed by atoms with Gasteiger partial charge < -0.3 is 5.11 Å². The number of hydrogen-bond acceptors (Lipinski definition) is 1. The van der Waals surface area contributed by atoms with Crippen molar-refractivity contribution in [3.63, 3.8) is 0 Å². The Morgan fingerprint density at radius 2 is 1.83 bits per heavy atom. The van der Waals surface area contributed by atoms with Gasteiger partial charge in [-0.2, -0.15) is 0 Å². The predicted molar refractivity (Wildman–Crippen MR) is 71.4 cm³/mol. The fourth-order valence-corrected chi connectivity index (χ4v) is 2.07. The van der Waals surface area contributed by atoms with Crippen LogP contribution < -0.4 is 0 Å². The molecular weight excluding hydrogens is 251 g/mol. The Kier molecular flexibility index (Phi) is 3.69. The van der Waals surface area contributed by atoms with E-state index in [0.29, 0.717) is 21.7 Å². The first-order valence-corrected chi connectivity index (χ1v) is 6.07. The molecule has 2 aromatic carbocycles. The van der Waals surface area contributed by atoms with Gasteiger partial charge in [0.1, 0.15) is 11.9 Å². The van der Waals surface area contributed by atoms with Crippen LogP contribution >= 0.6 is 11.6 Å². The van der Waals surface area contributed by atoms with E-state index in [1.54, 1.807) is 25.1 Å². The number of aryl methyl sites for hydroxylation is 2. The van der Waals surface area contributed by atoms with Crippen molar-refractivity contribution in [3.8, 4) is 0 Å². The molecule has 94 valence electrons. The summed E-state index contributed by atoms with van der Waals surface area (Å²) in [5.41, 5.74) is 2.55. The molecule has 1 nitrogen and oxygen atoms in total. The molecule has 1 atom stereocenters. The Balaban J connectivity index is 2.44. The van der Waals surface area contributed by atoms with Crippen molar-refractivity contribution >= 4 is 11.6 Å². The van der Waals surface area contributed by atoms with Crippen LogP contribution in [0.15, 0.2) is 36.4 Å². The fraction of sp³-hybridized carbons (Fsp3) is 0.200. The predicted octanol–water partition coefficient (Wildman–Crippen LogP) is 4.18. The van der Waals surface area contributed by atoms with Gasteiger partial charge in [0, 0.05) is 10.6 Å². The van der Waals surface area contributed by atoms with Crippen molar-refractivity contribution in [2.45, 2.75) is 20.0 Å². The van der Waals surface area contributed by atoms with Crippen LogP contribution in [0.5, 0.6) is 0 Å². The molecule has 0 aromatic heterocycles. The average Bonchev–Trinajstić information content (AvgIpc) is 2.35. The second-order valence-electron chi connectivity index (χ2n) is 4.39. The lowest BCUT2D eigenvalue weighted by Crippen LogP contribution is -2.02. The van der Waals surface area contributed by atoms with E-state index in [2.05, 4.69) is 0 Å². The first-order chi connectivity index (χ1) is 8.50. The second kappa shape index (κ2) is 5.09. The quantitative estimate of drug-likeness (QED) is 0.863. The molecule has 2 rings (SSSR count). The van der Waals surface area contributed by atoms with Crippen LogP contribution in [0.3, 0.4) is 0 Å². The fourth-order valence-electron chi connectivity index (χ4n) is 1.84. The standard InChI is InChI=1S/C15H14ClFO/c1-9-6-7-11(8-13(9)17)15(18)12-5-3-4-10(2)14(12)16/h3-8,15,18H,1-2H3. The third-order valence-electron chi connectivity index (χ3n) is 3.03. The van der Waals surface area contributed by atoms with E-state index >= 15 is 0 Å². The maximum atomic E-state index is 13.5. The van der Waals surface area contributed by atoms with Gasteiger partial charge in [-0.15, -0.1) is 0 Å². The number of halogens is 2. The molecular formula is C15H14ClFO. The van der Waals surface area contributed by atoms with E-state index < -0.39 is 6.10 Å². The number of aliphatic hydroxyl groups is 1. The third-order valence-corrected chi connectivity index (χ3v) is 3.54. The van der Waals surface area contributed by atoms with Crippen LogP contribution in [0, 0.1) is 19.7 Å². The van der Waals surface area contributed by atoms with Gasteiger partial charge in [-0.3, -0.25) is 0 Å². The Morgan fingerprint density at radius 3 is 2.50 bits per heavy atom. The zero-order valence-electron chi connectivity index (χ0n) is 10.2. The van der Waals surface area contributed by atoms with Crippen LogP contribution in [0.2, 0.25) is 5.02 Å². The highest BCUT2D eigenvalue weighted by atomic mass is 35.5. The molecule has 0 amide bonds. The molecule has 0 bridgehead atoms. The molecule has 0 saturated heterocycles. The van der Waals surface area contributed by atoms with Crippen molar-refractivity contribution in [2.24, 2.45) is 0 Å². The zero-order chi connectivity index (χ0) is 13.3. The summed E-state index contributed by atoms with van der Waals surface area (Å²) in [6, 6.07) is 10.1. The number of rotatable bonds is 2. The van der Waals surface area contributed by atoms with Gasteiger partial charge in [-0.05, 0) is 36.6 Å². The van der Waals surface area contributed by atoms with E-state index in [1.165, 1.54) is 6.07 Å². The van der Waals surface area contributed by atoms with Gasteiger partial charge in [0.05, 0.1) is 0 Å². The minimum atomic E-state index is -0.910. The summed E-state index contributed by atoms with van der Waals surface area (Å²) in [4.78, 5) is 0. The van der Waals surface area contributed by atoms with Crippen LogP contribution in [-0.4, -0.2) is 5.11 Å². The summed E-state index contributed by atoms with van der Waals surface area (Å²) in [6.45, 7) is 3.55. The summed E-state index contributed by atoms with van der Waals surface area (Å²) < 4.78 is 13.5. The lowest BCUT2D eigenvalue weighted by molar-refractivity contribution is 0.220. The molecule has 1 unspecified atom stereocenters. The van der Waals surface area contributed by atoms with Gasteiger partial charge in [0.15, 0.2) is 0 Å². The van der Waals surface area contributed by atoms with Crippen molar-refractivity contribution in [1.82, 2.24) is 0 Å². The van der Waals surface area contributed by atoms with Crippen molar-refractivity contribution in [1.29, 1.82) is 0 Å². The lowest BCUT2D eigenvalue weighted by atomic mass is 9.99. The molecule has 0 fully saturated rings. The molecule has 1 N–H and O–H groups in total. The lowest BCUT2D eigenvalue weighted by Gasteiger charge is -2.15. The topological polar surface area (TPSA) is 20.2 Å². The van der Waals surface area contributed by atoms with Gasteiger partial charge in [-0.25, -0.2) is 4.39 Å². The molecule has 3 heteroatoms. The highest BCUT2D eigenvalue weighted by Crippen LogP contribution is 2.30. The SMILES string of the molecule is Cc1ccc(C(O)c2cccc(C)c2Cl)cc1F. The molecule has 2 aromatic rings. The van der Waals surface area contributed by atoms with E-state index in [4.69, 9.17) is 11.6 Å². The highest BCUT2D eigenvalue weighted by molar-refractivity contribution is 6.32. The minimum Gasteiger partial charge on any atom is -0.384 e. The van der Waals surface area contributed by atoms with Gasteiger partial charge >= 0.3 is 0 Å². The number of aliphatic hydroxyl groups excluding tert-OH is 1. The maximum absolute atomic E-state index is 13.5. The molecule has 0 spiro atoms. The monoisotopic (exact) mass is 264 g/mol. The Labute approximate surface area is 111 Å². The van der Waals surface area contributed by atoms with Crippen LogP contribution in [0.25, 0.3) is 0 Å². The van der Waals surface area contributed by atoms with Crippen LogP contribution in [-0.2, 0) is 0 Å². The number of hydrogen-bond donors (Lipinski definition) is 1. The molecule has 18 heavy (non-hydrogen) atoms. The average molecular weight is 265 g/mol. The molecule has 0 heterocycles. The molecule has 0 aliphatic rings. The molecule has 0 saturated carbocycles. The van der Waals surface area contributed by atoms with Gasteiger partial charge in [0.2, 0.25) is 0 Å². The third kappa shape index (κ3) is 2.40. The van der Waals surface area contributed by atoms with E-state index in [9.17, 15) is 9.50 Å². The highest BCUT2D eigenvalue weighted by Gasteiger charge is 2.15. The summed E-state index contributed by atoms with van der Waals surface area (Å²) in [5.74, 6) is -0.324. The van der Waals surface area contributed by atoms with Crippen molar-refractivity contribution in [2.75, 3.05) is 0 Å². The zero-order valence-corrected chi connectivity index (χ0v) is 11.0. The molecule has 0 radical (unpaired) electrons. The second-order valence-corrected chi connectivity index (χ2v) is 4.77. The first-order valence-electron chi connectivity index (χ1n) is 5.70. The number of benzene rings is 2. The largest absolute Gasteiger partial charge is 0.384 e. The minimum absolute atomic E-state index is 0.324. The first kappa shape index (κ1) is 13.1. The Bertz CT molecular complexity index is 581. The normalized spacial score (nSPS) is 12.5. The molecule has 0 aliphatic carbocycles. The molecule has 0 aliphatic heterocycles. The summed E-state index contributed by atoms with van der Waals surface area (Å²) in [6.07, 6.45) is -0.910. The summed E-state index contributed by atoms with van der Waals surface area (Å²) >= 11 is 6.16. The van der Waals surface area contributed by atoms with Gasteiger partial charge in [0.25, 0.3) is 0 Å². The van der Waals surface area contributed by atoms with Crippen LogP contribution in [0.1, 0.15) is 28.4 Å². The summed E-state index contributed by atoms with van der Waals surface area (Å²) in [5, 5.41) is 10.8. The van der Waals surface area contributed by atoms with E-state index in [0.717, 1.165) is 5.56 Å². The Morgan fingerprint density at radius 1 is 1.11 bits per heavy atom. The van der Waals surface area contributed by atoms with Crippen molar-refractivity contribution < 1.29 is 9.50 Å². The Hall–Kier alpha value is -1.38. The van der Waals surface area contributed by atoms with E-state index in [-0.39, 0.29) is 5.82 Å². The van der Waals surface area contributed by atoms with Crippen molar-refractivity contribution in [3.05, 3.63) is 69.5 Å². The van der Waals surface area contributed by atoms with Crippen LogP contribution in [0.4, 0.5) is 4.39 Å².